The molecule has 2 heterocycles. The maximum atomic E-state index is 13.4. The normalized spacial score (nSPS) is 11.5. The second-order valence-electron chi connectivity index (χ2n) is 8.25. The summed E-state index contributed by atoms with van der Waals surface area (Å²) in [5, 5.41) is 6.70. The largest absolute Gasteiger partial charge is 0.416 e. The van der Waals surface area contributed by atoms with Crippen molar-refractivity contribution >= 4 is 11.6 Å². The molecule has 4 rings (SSSR count). The second kappa shape index (κ2) is 9.68. The van der Waals surface area contributed by atoms with Gasteiger partial charge in [0, 0.05) is 18.0 Å². The third kappa shape index (κ3) is 5.29. The summed E-state index contributed by atoms with van der Waals surface area (Å²) in [4.78, 5) is 38.1. The summed E-state index contributed by atoms with van der Waals surface area (Å²) in [7, 11) is 0. The van der Waals surface area contributed by atoms with Gasteiger partial charge < -0.3 is 5.32 Å². The number of nitrogens with zero attached hydrogens (tertiary/aromatic N) is 4. The van der Waals surface area contributed by atoms with Crippen molar-refractivity contribution in [2.75, 3.05) is 5.32 Å². The molecule has 186 valence electrons. The lowest BCUT2D eigenvalue weighted by Crippen LogP contribution is -2.42. The fourth-order valence-corrected chi connectivity index (χ4v) is 3.81. The van der Waals surface area contributed by atoms with E-state index < -0.39 is 35.4 Å². The first-order valence-electron chi connectivity index (χ1n) is 10.9. The third-order valence-electron chi connectivity index (χ3n) is 5.47. The van der Waals surface area contributed by atoms with E-state index in [0.29, 0.717) is 11.4 Å². The van der Waals surface area contributed by atoms with Crippen LogP contribution in [0.25, 0.3) is 5.69 Å². The Morgan fingerprint density at radius 3 is 2.36 bits per heavy atom. The number of alkyl halides is 3. The minimum atomic E-state index is -4.64. The topological polar surface area (TPSA) is 90.9 Å². The van der Waals surface area contributed by atoms with Gasteiger partial charge in [0.05, 0.1) is 29.2 Å². The molecule has 2 aromatic heterocycles. The van der Waals surface area contributed by atoms with Crippen molar-refractivity contribution in [2.24, 2.45) is 0 Å². The number of nitrogens with one attached hydrogen (secondary N) is 1. The van der Waals surface area contributed by atoms with E-state index in [-0.39, 0.29) is 17.9 Å². The highest BCUT2D eigenvalue weighted by molar-refractivity contribution is 5.92. The first kappa shape index (κ1) is 24.7. The van der Waals surface area contributed by atoms with Crippen molar-refractivity contribution in [1.29, 1.82) is 0 Å². The molecule has 0 spiro atoms. The van der Waals surface area contributed by atoms with E-state index in [1.165, 1.54) is 21.5 Å². The SMILES string of the molecule is Cc1cc(C)n(-c2ccc(C(F)(F)F)cc2NC(=O)Cn2c(=O)ccn(Cc3ccccc3)c2=O)n1. The molecule has 4 aromatic rings. The molecule has 0 aliphatic carbocycles. The maximum absolute atomic E-state index is 13.4. The zero-order chi connectivity index (χ0) is 26.0. The molecule has 8 nitrogen and oxygen atoms in total. The summed E-state index contributed by atoms with van der Waals surface area (Å²) in [5.74, 6) is -0.839. The van der Waals surface area contributed by atoms with Gasteiger partial charge in [-0.1, -0.05) is 30.3 Å². The predicted molar refractivity (Wildman–Crippen MR) is 127 cm³/mol. The number of anilines is 1. The lowest BCUT2D eigenvalue weighted by atomic mass is 10.1. The number of aromatic nitrogens is 4. The van der Waals surface area contributed by atoms with E-state index in [9.17, 15) is 27.6 Å². The average Bonchev–Trinajstić information content (AvgIpc) is 3.16. The molecule has 0 radical (unpaired) electrons. The predicted octanol–water partition coefficient (Wildman–Crippen LogP) is 3.52. The quantitative estimate of drug-likeness (QED) is 0.441. The van der Waals surface area contributed by atoms with Crippen molar-refractivity contribution in [3.8, 4) is 5.69 Å². The molecule has 0 aliphatic heterocycles. The van der Waals surface area contributed by atoms with Crippen LogP contribution in [0.4, 0.5) is 18.9 Å². The monoisotopic (exact) mass is 497 g/mol. The molecule has 11 heteroatoms. The zero-order valence-corrected chi connectivity index (χ0v) is 19.4. The van der Waals surface area contributed by atoms with Gasteiger partial charge in [0.1, 0.15) is 6.54 Å². The molecular weight excluding hydrogens is 475 g/mol. The minimum Gasteiger partial charge on any atom is -0.323 e. The highest BCUT2D eigenvalue weighted by Crippen LogP contribution is 2.33. The van der Waals surface area contributed by atoms with Gasteiger partial charge in [0.25, 0.3) is 5.56 Å². The third-order valence-corrected chi connectivity index (χ3v) is 5.47. The van der Waals surface area contributed by atoms with Crippen LogP contribution in [0.2, 0.25) is 0 Å². The van der Waals surface area contributed by atoms with E-state index in [0.717, 1.165) is 28.3 Å². The van der Waals surface area contributed by atoms with Gasteiger partial charge in [-0.15, -0.1) is 0 Å². The molecule has 36 heavy (non-hydrogen) atoms. The van der Waals surface area contributed by atoms with E-state index in [2.05, 4.69) is 10.4 Å². The number of benzene rings is 2. The van der Waals surface area contributed by atoms with Crippen molar-refractivity contribution < 1.29 is 18.0 Å². The Morgan fingerprint density at radius 2 is 1.72 bits per heavy atom. The first-order chi connectivity index (χ1) is 17.0. The van der Waals surface area contributed by atoms with Crippen molar-refractivity contribution in [3.05, 3.63) is 110 Å². The van der Waals surface area contributed by atoms with Crippen LogP contribution >= 0.6 is 0 Å². The first-order valence-corrected chi connectivity index (χ1v) is 10.9. The Kier molecular flexibility index (Phi) is 6.65. The van der Waals surface area contributed by atoms with Crippen LogP contribution in [-0.4, -0.2) is 24.8 Å². The van der Waals surface area contributed by atoms with Crippen molar-refractivity contribution in [3.63, 3.8) is 0 Å². The van der Waals surface area contributed by atoms with Gasteiger partial charge in [0.15, 0.2) is 0 Å². The second-order valence-corrected chi connectivity index (χ2v) is 8.25. The van der Waals surface area contributed by atoms with Crippen LogP contribution in [0.3, 0.4) is 0 Å². The highest BCUT2D eigenvalue weighted by Gasteiger charge is 2.31. The maximum Gasteiger partial charge on any atom is 0.416 e. The van der Waals surface area contributed by atoms with E-state index >= 15 is 0 Å². The zero-order valence-electron chi connectivity index (χ0n) is 19.4. The number of rotatable bonds is 6. The van der Waals surface area contributed by atoms with Crippen LogP contribution in [0.5, 0.6) is 0 Å². The van der Waals surface area contributed by atoms with E-state index in [4.69, 9.17) is 0 Å². The standard InChI is InChI=1S/C25H22F3N5O3/c1-16-12-17(2)33(30-16)21-9-8-19(25(26,27)28)13-20(21)29-22(34)15-32-23(35)10-11-31(24(32)36)14-18-6-4-3-5-7-18/h3-13H,14-15H2,1-2H3,(H,29,34). The highest BCUT2D eigenvalue weighted by atomic mass is 19.4. The van der Waals surface area contributed by atoms with Crippen LogP contribution in [0, 0.1) is 13.8 Å². The average molecular weight is 497 g/mol. The fourth-order valence-electron chi connectivity index (χ4n) is 3.81. The number of hydrogen-bond acceptors (Lipinski definition) is 4. The molecule has 1 N–H and O–H groups in total. The molecule has 0 saturated heterocycles. The summed E-state index contributed by atoms with van der Waals surface area (Å²) in [6, 6.07) is 14.8. The van der Waals surface area contributed by atoms with Crippen LogP contribution in [-0.2, 0) is 24.1 Å². The van der Waals surface area contributed by atoms with E-state index in [1.807, 2.05) is 18.2 Å². The Bertz CT molecular complexity index is 1540. The summed E-state index contributed by atoms with van der Waals surface area (Å²) in [6.07, 6.45) is -3.31. The summed E-state index contributed by atoms with van der Waals surface area (Å²) in [5.41, 5.74) is -0.242. The van der Waals surface area contributed by atoms with Gasteiger partial charge in [-0.05, 0) is 43.7 Å². The van der Waals surface area contributed by atoms with Crippen LogP contribution < -0.4 is 16.6 Å². The summed E-state index contributed by atoms with van der Waals surface area (Å²) >= 11 is 0. The number of halogens is 3. The molecule has 2 aromatic carbocycles. The summed E-state index contributed by atoms with van der Waals surface area (Å²) in [6.45, 7) is 2.95. The molecule has 1 amide bonds. The molecule has 0 bridgehead atoms. The molecule has 0 atom stereocenters. The van der Waals surface area contributed by atoms with Gasteiger partial charge in [-0.3, -0.25) is 18.7 Å². The number of aryl methyl sites for hydroxylation is 2. The number of carbonyl (C=O) groups is 1. The number of carbonyl (C=O) groups excluding carboxylic acids is 1. The lowest BCUT2D eigenvalue weighted by molar-refractivity contribution is -0.137. The van der Waals surface area contributed by atoms with Crippen molar-refractivity contribution in [2.45, 2.75) is 33.1 Å². The summed E-state index contributed by atoms with van der Waals surface area (Å²) < 4.78 is 43.5. The fraction of sp³-hybridized carbons (Fsp3) is 0.200. The Balaban J connectivity index is 1.66. The van der Waals surface area contributed by atoms with Crippen molar-refractivity contribution in [1.82, 2.24) is 18.9 Å². The van der Waals surface area contributed by atoms with Gasteiger partial charge in [0.2, 0.25) is 5.91 Å². The van der Waals surface area contributed by atoms with Gasteiger partial charge >= 0.3 is 11.9 Å². The smallest absolute Gasteiger partial charge is 0.323 e. The Hall–Kier alpha value is -4.41. The van der Waals surface area contributed by atoms with Crippen LogP contribution in [0.1, 0.15) is 22.5 Å². The number of hydrogen-bond donors (Lipinski definition) is 1. The van der Waals surface area contributed by atoms with Gasteiger partial charge in [-0.2, -0.15) is 18.3 Å². The van der Waals surface area contributed by atoms with Crippen LogP contribution in [0.15, 0.2) is 76.4 Å². The lowest BCUT2D eigenvalue weighted by Gasteiger charge is -2.16. The Morgan fingerprint density at radius 1 is 1.00 bits per heavy atom. The molecule has 0 unspecified atom stereocenters. The molecule has 0 saturated carbocycles. The number of amides is 1. The Labute approximate surface area is 203 Å². The van der Waals surface area contributed by atoms with E-state index in [1.54, 1.807) is 32.0 Å². The molecular formula is C25H22F3N5O3. The molecule has 0 fully saturated rings. The minimum absolute atomic E-state index is 0.158. The molecule has 0 aliphatic rings. The van der Waals surface area contributed by atoms with Gasteiger partial charge in [-0.25, -0.2) is 9.48 Å².